The van der Waals surface area contributed by atoms with E-state index in [9.17, 15) is 9.59 Å². The van der Waals surface area contributed by atoms with Crippen LogP contribution in [0.5, 0.6) is 0 Å². The van der Waals surface area contributed by atoms with Crippen LogP contribution in [0.15, 0.2) is 42.1 Å². The number of hydrogen-bond acceptors (Lipinski definition) is 7. The van der Waals surface area contributed by atoms with Gasteiger partial charge in [-0.15, -0.1) is 0 Å². The molecule has 3 aliphatic rings. The summed E-state index contributed by atoms with van der Waals surface area (Å²) >= 11 is 0. The first-order chi connectivity index (χ1) is 17.8. The van der Waals surface area contributed by atoms with Crippen molar-refractivity contribution in [2.24, 2.45) is 0 Å². The van der Waals surface area contributed by atoms with Gasteiger partial charge in [-0.25, -0.2) is 0 Å². The Bertz CT molecular complexity index is 984. The smallest absolute Gasteiger partial charge is 0.252 e. The molecule has 202 valence electrons. The lowest BCUT2D eigenvalue weighted by Gasteiger charge is -2.42. The molecule has 1 atom stereocenters. The third kappa shape index (κ3) is 7.09. The molecule has 2 fully saturated rings. The lowest BCUT2D eigenvalue weighted by atomic mass is 9.83. The Labute approximate surface area is 219 Å². The summed E-state index contributed by atoms with van der Waals surface area (Å²) in [5.41, 5.74) is 0.163. The number of carbonyl (C=O) groups excluding carboxylic acids is 2. The second-order valence-corrected chi connectivity index (χ2v) is 10.6. The van der Waals surface area contributed by atoms with E-state index in [1.54, 1.807) is 0 Å². The Hall–Kier alpha value is -2.95. The monoisotopic (exact) mass is 512 g/mol. The largest absolute Gasteiger partial charge is 0.379 e. The molecule has 1 unspecified atom stereocenters. The lowest BCUT2D eigenvalue weighted by molar-refractivity contribution is -0.151. The third-order valence-electron chi connectivity index (χ3n) is 7.40. The van der Waals surface area contributed by atoms with Crippen molar-refractivity contribution in [1.82, 2.24) is 26.2 Å². The summed E-state index contributed by atoms with van der Waals surface area (Å²) in [6.45, 7) is 8.03. The van der Waals surface area contributed by atoms with Crippen LogP contribution in [0.2, 0.25) is 0 Å². The molecule has 2 heterocycles. The summed E-state index contributed by atoms with van der Waals surface area (Å²) < 4.78 is 11.8. The predicted octanol–water partition coefficient (Wildman–Crippen LogP) is 1.43. The first kappa shape index (κ1) is 27.1. The summed E-state index contributed by atoms with van der Waals surface area (Å²) in [5.74, 6) is -0.188. The number of amides is 2. The third-order valence-corrected chi connectivity index (χ3v) is 7.40. The Morgan fingerprint density at radius 1 is 1.16 bits per heavy atom. The molecule has 0 bridgehead atoms. The van der Waals surface area contributed by atoms with Crippen molar-refractivity contribution in [2.75, 3.05) is 39.5 Å². The lowest BCUT2D eigenvalue weighted by Crippen LogP contribution is -2.60. The van der Waals surface area contributed by atoms with Crippen molar-refractivity contribution in [3.05, 3.63) is 47.7 Å². The molecule has 10 nitrogen and oxygen atoms in total. The molecule has 1 saturated carbocycles. The van der Waals surface area contributed by atoms with Crippen molar-refractivity contribution < 1.29 is 19.1 Å². The summed E-state index contributed by atoms with van der Waals surface area (Å²) in [5, 5.41) is 20.4. The molecule has 10 heteroatoms. The molecule has 1 saturated heterocycles. The number of ether oxygens (including phenoxy) is 2. The molecule has 1 aromatic carbocycles. The van der Waals surface area contributed by atoms with Crippen LogP contribution in [0.4, 0.5) is 0 Å². The van der Waals surface area contributed by atoms with Gasteiger partial charge in [0.1, 0.15) is 11.4 Å². The minimum atomic E-state index is -0.921. The zero-order valence-electron chi connectivity index (χ0n) is 21.9. The first-order valence-electron chi connectivity index (χ1n) is 13.2. The summed E-state index contributed by atoms with van der Waals surface area (Å²) in [7, 11) is 0. The predicted molar refractivity (Wildman–Crippen MR) is 141 cm³/mol. The van der Waals surface area contributed by atoms with Crippen molar-refractivity contribution in [3.8, 4) is 0 Å². The van der Waals surface area contributed by atoms with Gasteiger partial charge in [-0.1, -0.05) is 49.6 Å². The highest BCUT2D eigenvalue weighted by molar-refractivity contribution is 5.97. The highest BCUT2D eigenvalue weighted by Gasteiger charge is 2.42. The van der Waals surface area contributed by atoms with Gasteiger partial charge in [0.25, 0.3) is 5.91 Å². The molecule has 4 rings (SSSR count). The van der Waals surface area contributed by atoms with Crippen LogP contribution in [0.3, 0.4) is 0 Å². The van der Waals surface area contributed by atoms with E-state index in [-0.39, 0.29) is 29.8 Å². The zero-order chi connectivity index (χ0) is 26.3. The molecule has 5 N–H and O–H groups in total. The Morgan fingerprint density at radius 3 is 2.57 bits per heavy atom. The van der Waals surface area contributed by atoms with E-state index in [2.05, 4.69) is 40.0 Å². The van der Waals surface area contributed by atoms with Gasteiger partial charge in [0.2, 0.25) is 5.91 Å². The van der Waals surface area contributed by atoms with Crippen LogP contribution >= 0.6 is 0 Å². The fourth-order valence-corrected chi connectivity index (χ4v) is 5.11. The van der Waals surface area contributed by atoms with Crippen LogP contribution in [-0.4, -0.2) is 79.4 Å². The van der Waals surface area contributed by atoms with Crippen molar-refractivity contribution in [3.63, 3.8) is 0 Å². The number of nitrogens with zero attached hydrogens (tertiary/aromatic N) is 1. The average molecular weight is 513 g/mol. The molecule has 1 aromatic rings. The van der Waals surface area contributed by atoms with Gasteiger partial charge in [-0.05, 0) is 26.7 Å². The second kappa shape index (κ2) is 12.1. The van der Waals surface area contributed by atoms with Crippen LogP contribution in [0.25, 0.3) is 0 Å². The van der Waals surface area contributed by atoms with Crippen molar-refractivity contribution >= 4 is 17.6 Å². The Kier molecular flexibility index (Phi) is 8.83. The quantitative estimate of drug-likeness (QED) is 0.250. The Morgan fingerprint density at radius 2 is 1.86 bits per heavy atom. The Balaban J connectivity index is 1.35. The number of nitrogens with one attached hydrogen (secondary N) is 5. The molecule has 2 aliphatic heterocycles. The van der Waals surface area contributed by atoms with Gasteiger partial charge in [-0.2, -0.15) is 0 Å². The van der Waals surface area contributed by atoms with Crippen LogP contribution < -0.4 is 21.3 Å². The molecule has 0 spiro atoms. The fourth-order valence-electron chi connectivity index (χ4n) is 5.11. The summed E-state index contributed by atoms with van der Waals surface area (Å²) in [6, 6.07) is 9.25. The minimum absolute atomic E-state index is 0.0880. The fraction of sp³-hybridized carbons (Fsp3) is 0.593. The van der Waals surface area contributed by atoms with Gasteiger partial charge in [0, 0.05) is 42.5 Å². The van der Waals surface area contributed by atoms with E-state index < -0.39 is 11.9 Å². The molecule has 1 aliphatic carbocycles. The first-order valence-corrected chi connectivity index (χ1v) is 13.2. The molecule has 2 amide bonds. The number of carbonyl (C=O) groups is 2. The normalized spacial score (nSPS) is 22.3. The second-order valence-electron chi connectivity index (χ2n) is 10.6. The molecule has 0 aromatic heterocycles. The van der Waals surface area contributed by atoms with E-state index in [4.69, 9.17) is 14.9 Å². The average Bonchev–Trinajstić information content (AvgIpc) is 2.92. The number of rotatable bonds is 9. The van der Waals surface area contributed by atoms with Gasteiger partial charge < -0.3 is 30.7 Å². The van der Waals surface area contributed by atoms with Crippen molar-refractivity contribution in [1.29, 1.82) is 5.41 Å². The SMILES string of the molecule is CC(C)(CNC(=O)C1(OCC2=CC(=O)NC(NC(=N)c3ccccc3)N2)CCCCC1)N1CCOCC1. The number of benzene rings is 1. The van der Waals surface area contributed by atoms with Gasteiger partial charge in [0.05, 0.1) is 19.8 Å². The van der Waals surface area contributed by atoms with Gasteiger partial charge in [0.15, 0.2) is 6.29 Å². The zero-order valence-corrected chi connectivity index (χ0v) is 21.9. The summed E-state index contributed by atoms with van der Waals surface area (Å²) in [6.07, 6.45) is 5.01. The molecule has 0 radical (unpaired) electrons. The van der Waals surface area contributed by atoms with E-state index >= 15 is 0 Å². The number of hydrogen-bond donors (Lipinski definition) is 5. The van der Waals surface area contributed by atoms with E-state index in [0.29, 0.717) is 43.9 Å². The highest BCUT2D eigenvalue weighted by Crippen LogP contribution is 2.32. The maximum atomic E-state index is 13.5. The number of amidine groups is 1. The van der Waals surface area contributed by atoms with E-state index in [1.165, 1.54) is 6.08 Å². The van der Waals surface area contributed by atoms with Crippen LogP contribution in [0.1, 0.15) is 51.5 Å². The van der Waals surface area contributed by atoms with Crippen LogP contribution in [-0.2, 0) is 19.1 Å². The van der Waals surface area contributed by atoms with Gasteiger partial charge in [-0.3, -0.25) is 19.9 Å². The molecular weight excluding hydrogens is 472 g/mol. The minimum Gasteiger partial charge on any atom is -0.379 e. The van der Waals surface area contributed by atoms with Crippen LogP contribution in [0, 0.1) is 5.41 Å². The van der Waals surface area contributed by atoms with Gasteiger partial charge >= 0.3 is 0 Å². The maximum absolute atomic E-state index is 13.5. The van der Waals surface area contributed by atoms with E-state index in [1.807, 2.05) is 30.3 Å². The maximum Gasteiger partial charge on any atom is 0.252 e. The summed E-state index contributed by atoms with van der Waals surface area (Å²) in [4.78, 5) is 28.2. The van der Waals surface area contributed by atoms with Crippen molar-refractivity contribution in [2.45, 2.75) is 63.4 Å². The number of morpholine rings is 1. The standard InChI is InChI=1S/C27H40N6O4/c1-26(2,33-13-15-36-16-14-33)19-29-24(35)27(11-7-4-8-12-27)37-18-21-17-22(34)31-25(30-21)32-23(28)20-9-5-3-6-10-20/h3,5-6,9-10,17,25,30H,4,7-8,11-16,18-19H2,1-2H3,(H2,28,32)(H,29,35)(H,31,34). The molecule has 37 heavy (non-hydrogen) atoms. The molecular formula is C27H40N6O4. The topological polar surface area (TPSA) is 128 Å². The highest BCUT2D eigenvalue weighted by atomic mass is 16.5. The van der Waals surface area contributed by atoms with E-state index in [0.717, 1.165) is 32.4 Å².